The van der Waals surface area contributed by atoms with Crippen LogP contribution >= 0.6 is 27.3 Å². The van der Waals surface area contributed by atoms with E-state index in [0.29, 0.717) is 0 Å². The lowest BCUT2D eigenvalue weighted by Crippen LogP contribution is -1.98. The Morgan fingerprint density at radius 3 is 2.95 bits per heavy atom. The van der Waals surface area contributed by atoms with Crippen molar-refractivity contribution >= 4 is 37.4 Å². The molecular formula is C16H13BrFNS. The molecule has 0 N–H and O–H groups in total. The van der Waals surface area contributed by atoms with E-state index >= 15 is 0 Å². The highest BCUT2D eigenvalue weighted by atomic mass is 79.9. The van der Waals surface area contributed by atoms with Crippen LogP contribution in [0.5, 0.6) is 0 Å². The molecule has 0 aliphatic carbocycles. The highest BCUT2D eigenvalue weighted by Crippen LogP contribution is 2.36. The lowest BCUT2D eigenvalue weighted by molar-refractivity contribution is 0.630. The summed E-state index contributed by atoms with van der Waals surface area (Å²) in [6, 6.07) is 11.1. The highest BCUT2D eigenvalue weighted by Gasteiger charge is 2.14. The van der Waals surface area contributed by atoms with Gasteiger partial charge in [0.05, 0.1) is 4.83 Å². The maximum atomic E-state index is 13.2. The van der Waals surface area contributed by atoms with E-state index in [1.54, 1.807) is 17.4 Å². The van der Waals surface area contributed by atoms with Gasteiger partial charge in [-0.2, -0.15) is 0 Å². The number of halogens is 2. The van der Waals surface area contributed by atoms with E-state index in [4.69, 9.17) is 0 Å². The van der Waals surface area contributed by atoms with Crippen LogP contribution in [-0.4, -0.2) is 4.98 Å². The van der Waals surface area contributed by atoms with Gasteiger partial charge in [-0.1, -0.05) is 28.1 Å². The van der Waals surface area contributed by atoms with Crippen molar-refractivity contribution in [3.05, 3.63) is 64.5 Å². The van der Waals surface area contributed by atoms with Crippen LogP contribution in [0.4, 0.5) is 4.39 Å². The first-order valence-corrected chi connectivity index (χ1v) is 8.10. The molecule has 0 fully saturated rings. The zero-order valence-corrected chi connectivity index (χ0v) is 13.3. The van der Waals surface area contributed by atoms with Crippen LogP contribution in [0, 0.1) is 12.7 Å². The summed E-state index contributed by atoms with van der Waals surface area (Å²) in [4.78, 5) is 5.84. The minimum Gasteiger partial charge on any atom is -0.261 e. The summed E-state index contributed by atoms with van der Waals surface area (Å²) in [6.45, 7) is 2.07. The largest absolute Gasteiger partial charge is 0.261 e. The molecule has 1 atom stereocenters. The molecule has 2 heterocycles. The number of benzene rings is 1. The second kappa shape index (κ2) is 5.62. The fraction of sp³-hybridized carbons (Fsp3) is 0.188. The van der Waals surface area contributed by atoms with Gasteiger partial charge < -0.3 is 0 Å². The summed E-state index contributed by atoms with van der Waals surface area (Å²) in [7, 11) is 0. The van der Waals surface area contributed by atoms with Gasteiger partial charge >= 0.3 is 0 Å². The number of nitrogens with zero attached hydrogens (tertiary/aromatic N) is 1. The first-order valence-electron chi connectivity index (χ1n) is 6.37. The Hall–Kier alpha value is -1.26. The molecular weight excluding hydrogens is 337 g/mol. The number of fused-ring (bicyclic) bond motifs is 1. The third-order valence-electron chi connectivity index (χ3n) is 3.30. The first-order chi connectivity index (χ1) is 9.63. The average Bonchev–Trinajstić information content (AvgIpc) is 2.84. The van der Waals surface area contributed by atoms with Gasteiger partial charge in [-0.3, -0.25) is 4.98 Å². The summed E-state index contributed by atoms with van der Waals surface area (Å²) in [5.41, 5.74) is 2.29. The van der Waals surface area contributed by atoms with Crippen molar-refractivity contribution < 1.29 is 4.39 Å². The Morgan fingerprint density at radius 2 is 2.15 bits per heavy atom. The molecule has 2 aromatic heterocycles. The minimum atomic E-state index is -0.183. The first kappa shape index (κ1) is 13.7. The van der Waals surface area contributed by atoms with Gasteiger partial charge in [0.25, 0.3) is 0 Å². The summed E-state index contributed by atoms with van der Waals surface area (Å²) in [6.07, 6.45) is 2.66. The van der Waals surface area contributed by atoms with Crippen molar-refractivity contribution in [2.75, 3.05) is 0 Å². The van der Waals surface area contributed by atoms with Crippen LogP contribution in [0.3, 0.4) is 0 Å². The van der Waals surface area contributed by atoms with Crippen LogP contribution in [0.25, 0.3) is 10.1 Å². The summed E-state index contributed by atoms with van der Waals surface area (Å²) < 4.78 is 14.2. The highest BCUT2D eigenvalue weighted by molar-refractivity contribution is 9.09. The normalized spacial score (nSPS) is 12.8. The summed E-state index contributed by atoms with van der Waals surface area (Å²) in [5, 5.41) is 1.09. The predicted octanol–water partition coefficient (Wildman–Crippen LogP) is 5.42. The topological polar surface area (TPSA) is 12.9 Å². The molecule has 0 bridgehead atoms. The van der Waals surface area contributed by atoms with Gasteiger partial charge in [0.15, 0.2) is 0 Å². The van der Waals surface area contributed by atoms with Crippen LogP contribution in [0.15, 0.2) is 42.6 Å². The molecule has 1 aromatic carbocycles. The van der Waals surface area contributed by atoms with Gasteiger partial charge in [0.2, 0.25) is 0 Å². The van der Waals surface area contributed by atoms with E-state index in [9.17, 15) is 4.39 Å². The molecule has 20 heavy (non-hydrogen) atoms. The zero-order chi connectivity index (χ0) is 14.1. The molecule has 0 saturated heterocycles. The molecule has 1 unspecified atom stereocenters. The number of pyridine rings is 1. The Morgan fingerprint density at radius 1 is 1.30 bits per heavy atom. The van der Waals surface area contributed by atoms with Crippen LogP contribution < -0.4 is 0 Å². The molecule has 3 aromatic rings. The SMILES string of the molecule is Cc1cccnc1CC(Br)c1cc2ccc(F)cc2s1. The summed E-state index contributed by atoms with van der Waals surface area (Å²) >= 11 is 5.36. The van der Waals surface area contributed by atoms with E-state index in [2.05, 4.69) is 40.0 Å². The Labute approximate surface area is 129 Å². The minimum absolute atomic E-state index is 0.183. The number of hydrogen-bond acceptors (Lipinski definition) is 2. The molecule has 102 valence electrons. The molecule has 0 spiro atoms. The molecule has 4 heteroatoms. The monoisotopic (exact) mass is 349 g/mol. The quantitative estimate of drug-likeness (QED) is 0.575. The number of hydrogen-bond donors (Lipinski definition) is 0. The predicted molar refractivity (Wildman–Crippen MR) is 86.1 cm³/mol. The number of rotatable bonds is 3. The second-order valence-electron chi connectivity index (χ2n) is 4.77. The molecule has 0 aliphatic rings. The number of aryl methyl sites for hydroxylation is 1. The van der Waals surface area contributed by atoms with Crippen LogP contribution in [0.2, 0.25) is 0 Å². The Bertz CT molecular complexity index is 753. The fourth-order valence-corrected chi connectivity index (χ4v) is 3.97. The van der Waals surface area contributed by atoms with Gasteiger partial charge in [-0.25, -0.2) is 4.39 Å². The van der Waals surface area contributed by atoms with E-state index in [1.165, 1.54) is 16.5 Å². The number of thiophene rings is 1. The van der Waals surface area contributed by atoms with Gasteiger partial charge in [-0.15, -0.1) is 11.3 Å². The Kier molecular flexibility index (Phi) is 3.85. The third-order valence-corrected chi connectivity index (χ3v) is 5.63. The third kappa shape index (κ3) is 2.76. The molecule has 1 nitrogen and oxygen atoms in total. The molecule has 0 amide bonds. The van der Waals surface area contributed by atoms with Crippen molar-refractivity contribution in [3.63, 3.8) is 0 Å². The van der Waals surface area contributed by atoms with Crippen molar-refractivity contribution in [3.8, 4) is 0 Å². The lowest BCUT2D eigenvalue weighted by Gasteiger charge is -2.08. The standard InChI is InChI=1S/C16H13BrFNS/c1-10-3-2-6-19-14(10)9-13(17)16-7-11-4-5-12(18)8-15(11)20-16/h2-8,13H,9H2,1H3. The van der Waals surface area contributed by atoms with E-state index in [-0.39, 0.29) is 10.6 Å². The van der Waals surface area contributed by atoms with Crippen LogP contribution in [0.1, 0.15) is 21.0 Å². The molecule has 0 radical (unpaired) electrons. The Balaban J connectivity index is 1.89. The average molecular weight is 350 g/mol. The van der Waals surface area contributed by atoms with Crippen LogP contribution in [-0.2, 0) is 6.42 Å². The van der Waals surface area contributed by atoms with Crippen molar-refractivity contribution in [2.45, 2.75) is 18.2 Å². The molecule has 0 saturated carbocycles. The van der Waals surface area contributed by atoms with E-state index in [0.717, 1.165) is 22.2 Å². The second-order valence-corrected chi connectivity index (χ2v) is 6.99. The lowest BCUT2D eigenvalue weighted by atomic mass is 10.1. The van der Waals surface area contributed by atoms with E-state index in [1.807, 2.05) is 18.3 Å². The van der Waals surface area contributed by atoms with Gasteiger partial charge in [-0.05, 0) is 42.1 Å². The van der Waals surface area contributed by atoms with Gasteiger partial charge in [0, 0.05) is 27.9 Å². The van der Waals surface area contributed by atoms with Crippen molar-refractivity contribution in [1.29, 1.82) is 0 Å². The van der Waals surface area contributed by atoms with Crippen molar-refractivity contribution in [2.24, 2.45) is 0 Å². The van der Waals surface area contributed by atoms with Crippen molar-refractivity contribution in [1.82, 2.24) is 4.98 Å². The van der Waals surface area contributed by atoms with E-state index < -0.39 is 0 Å². The van der Waals surface area contributed by atoms with Gasteiger partial charge in [0.1, 0.15) is 5.82 Å². The maximum absolute atomic E-state index is 13.2. The number of alkyl halides is 1. The zero-order valence-electron chi connectivity index (χ0n) is 10.9. The maximum Gasteiger partial charge on any atom is 0.124 e. The smallest absolute Gasteiger partial charge is 0.124 e. The number of aromatic nitrogens is 1. The molecule has 3 rings (SSSR count). The fourth-order valence-electron chi connectivity index (χ4n) is 2.18. The molecule has 0 aliphatic heterocycles. The summed E-state index contributed by atoms with van der Waals surface area (Å²) in [5.74, 6) is -0.183.